The molecule has 3 N–H and O–H groups in total. The molecule has 98 valence electrons. The van der Waals surface area contributed by atoms with Crippen molar-refractivity contribution in [3.05, 3.63) is 0 Å². The normalized spacial score (nSPS) is 23.3. The van der Waals surface area contributed by atoms with E-state index in [0.717, 1.165) is 6.42 Å². The number of aliphatic carboxylic acids is 1. The maximum Gasteiger partial charge on any atom is 0.308 e. The second kappa shape index (κ2) is 5.04. The molecule has 1 heterocycles. The summed E-state index contributed by atoms with van der Waals surface area (Å²) in [7, 11) is 0. The third-order valence-electron chi connectivity index (χ3n) is 3.28. The summed E-state index contributed by atoms with van der Waals surface area (Å²) in [6, 6.07) is -0.574. The van der Waals surface area contributed by atoms with Crippen LogP contribution in [0.1, 0.15) is 33.6 Å². The van der Waals surface area contributed by atoms with Crippen molar-refractivity contribution in [1.29, 1.82) is 0 Å². The molecular formula is C12H22N2O3. The molecule has 1 saturated heterocycles. The molecule has 0 aromatic carbocycles. The second-order valence-corrected chi connectivity index (χ2v) is 5.81. The minimum absolute atomic E-state index is 0.136. The van der Waals surface area contributed by atoms with Gasteiger partial charge in [-0.2, -0.15) is 0 Å². The Morgan fingerprint density at radius 1 is 1.41 bits per heavy atom. The zero-order valence-corrected chi connectivity index (χ0v) is 10.8. The summed E-state index contributed by atoms with van der Waals surface area (Å²) in [5.74, 6) is -1.41. The van der Waals surface area contributed by atoms with E-state index in [2.05, 4.69) is 0 Å². The highest BCUT2D eigenvalue weighted by atomic mass is 16.4. The van der Waals surface area contributed by atoms with Crippen LogP contribution in [0.15, 0.2) is 0 Å². The Morgan fingerprint density at radius 2 is 2.00 bits per heavy atom. The molecule has 1 amide bonds. The lowest BCUT2D eigenvalue weighted by atomic mass is 9.86. The zero-order valence-electron chi connectivity index (χ0n) is 10.8. The summed E-state index contributed by atoms with van der Waals surface area (Å²) >= 11 is 0. The van der Waals surface area contributed by atoms with Crippen molar-refractivity contribution in [3.8, 4) is 0 Å². The van der Waals surface area contributed by atoms with Crippen LogP contribution in [0, 0.1) is 11.3 Å². The topological polar surface area (TPSA) is 83.6 Å². The first-order chi connectivity index (χ1) is 7.73. The summed E-state index contributed by atoms with van der Waals surface area (Å²) in [4.78, 5) is 24.6. The van der Waals surface area contributed by atoms with Gasteiger partial charge in [0.25, 0.3) is 0 Å². The van der Waals surface area contributed by atoms with Crippen LogP contribution in [-0.2, 0) is 9.59 Å². The lowest BCUT2D eigenvalue weighted by molar-refractivity contribution is -0.146. The first kappa shape index (κ1) is 14.0. The monoisotopic (exact) mass is 242 g/mol. The molecular weight excluding hydrogens is 220 g/mol. The van der Waals surface area contributed by atoms with Gasteiger partial charge in [-0.25, -0.2) is 0 Å². The lowest BCUT2D eigenvalue weighted by Gasteiger charge is -2.36. The molecule has 0 saturated carbocycles. The van der Waals surface area contributed by atoms with Gasteiger partial charge >= 0.3 is 5.97 Å². The number of piperidine rings is 1. The maximum atomic E-state index is 12.1. The van der Waals surface area contributed by atoms with Gasteiger partial charge in [0.05, 0.1) is 12.0 Å². The Hall–Kier alpha value is -1.10. The van der Waals surface area contributed by atoms with Crippen LogP contribution in [0.4, 0.5) is 0 Å². The van der Waals surface area contributed by atoms with E-state index < -0.39 is 17.9 Å². The van der Waals surface area contributed by atoms with Crippen LogP contribution >= 0.6 is 0 Å². The van der Waals surface area contributed by atoms with E-state index in [1.54, 1.807) is 4.90 Å². The van der Waals surface area contributed by atoms with Crippen LogP contribution in [0.3, 0.4) is 0 Å². The molecule has 1 aliphatic heterocycles. The predicted molar refractivity (Wildman–Crippen MR) is 64.4 cm³/mol. The van der Waals surface area contributed by atoms with Crippen LogP contribution in [-0.4, -0.2) is 41.0 Å². The summed E-state index contributed by atoms with van der Waals surface area (Å²) in [6.45, 7) is 6.64. The average Bonchev–Trinajstić information content (AvgIpc) is 2.26. The number of hydrogen-bond acceptors (Lipinski definition) is 3. The average molecular weight is 242 g/mol. The summed E-state index contributed by atoms with van der Waals surface area (Å²) < 4.78 is 0. The highest BCUT2D eigenvalue weighted by molar-refractivity contribution is 5.83. The van der Waals surface area contributed by atoms with Crippen LogP contribution in [0.25, 0.3) is 0 Å². The Kier molecular flexibility index (Phi) is 4.14. The second-order valence-electron chi connectivity index (χ2n) is 5.81. The van der Waals surface area contributed by atoms with Crippen LogP contribution < -0.4 is 5.73 Å². The number of carbonyl (C=O) groups is 2. The van der Waals surface area contributed by atoms with Gasteiger partial charge in [-0.05, 0) is 18.3 Å². The number of rotatable bonds is 2. The van der Waals surface area contributed by atoms with Crippen molar-refractivity contribution in [2.45, 2.75) is 39.7 Å². The molecule has 1 rings (SSSR count). The van der Waals surface area contributed by atoms with Crippen molar-refractivity contribution in [1.82, 2.24) is 4.90 Å². The molecule has 2 atom stereocenters. The molecule has 0 spiro atoms. The molecule has 17 heavy (non-hydrogen) atoms. The van der Waals surface area contributed by atoms with Crippen molar-refractivity contribution < 1.29 is 14.7 Å². The molecule has 0 aromatic rings. The highest BCUT2D eigenvalue weighted by Gasteiger charge is 2.34. The van der Waals surface area contributed by atoms with E-state index in [-0.39, 0.29) is 17.9 Å². The van der Waals surface area contributed by atoms with E-state index in [0.29, 0.717) is 13.0 Å². The van der Waals surface area contributed by atoms with E-state index >= 15 is 0 Å². The number of hydrogen-bond donors (Lipinski definition) is 2. The molecule has 0 bridgehead atoms. The van der Waals surface area contributed by atoms with E-state index in [9.17, 15) is 9.59 Å². The van der Waals surface area contributed by atoms with Gasteiger partial charge in [-0.3, -0.25) is 9.59 Å². The molecule has 1 aliphatic rings. The predicted octanol–water partition coefficient (Wildman–Crippen LogP) is 0.683. The van der Waals surface area contributed by atoms with E-state index in [1.165, 1.54) is 0 Å². The van der Waals surface area contributed by atoms with Crippen LogP contribution in [0.2, 0.25) is 0 Å². The number of nitrogens with zero attached hydrogens (tertiary/aromatic N) is 1. The minimum Gasteiger partial charge on any atom is -0.481 e. The van der Waals surface area contributed by atoms with Crippen molar-refractivity contribution in [3.63, 3.8) is 0 Å². The standard InChI is InChI=1S/C12H22N2O3/c1-12(2,3)9(13)10(15)14-6-4-5-8(7-14)11(16)17/h8-9H,4-7,13H2,1-3H3,(H,16,17)/t8-,9+/m1/s1. The fraction of sp³-hybridized carbons (Fsp3) is 0.833. The number of likely N-dealkylation sites (tertiary alicyclic amines) is 1. The maximum absolute atomic E-state index is 12.1. The Labute approximate surface area is 102 Å². The van der Waals surface area contributed by atoms with Gasteiger partial charge in [0.2, 0.25) is 5.91 Å². The van der Waals surface area contributed by atoms with Crippen LogP contribution in [0.5, 0.6) is 0 Å². The largest absolute Gasteiger partial charge is 0.481 e. The van der Waals surface area contributed by atoms with Crippen molar-refractivity contribution in [2.24, 2.45) is 17.1 Å². The fourth-order valence-corrected chi connectivity index (χ4v) is 1.95. The first-order valence-electron chi connectivity index (χ1n) is 6.00. The number of carbonyl (C=O) groups excluding carboxylic acids is 1. The van der Waals surface area contributed by atoms with Gasteiger partial charge < -0.3 is 15.7 Å². The fourth-order valence-electron chi connectivity index (χ4n) is 1.95. The first-order valence-corrected chi connectivity index (χ1v) is 6.00. The van der Waals surface area contributed by atoms with Crippen molar-refractivity contribution in [2.75, 3.05) is 13.1 Å². The molecule has 5 heteroatoms. The number of nitrogens with two attached hydrogens (primary N) is 1. The molecule has 0 unspecified atom stereocenters. The summed E-state index contributed by atoms with van der Waals surface area (Å²) in [6.07, 6.45) is 1.38. The van der Waals surface area contributed by atoms with Gasteiger partial charge in [0, 0.05) is 13.1 Å². The van der Waals surface area contributed by atoms with Gasteiger partial charge in [0.15, 0.2) is 0 Å². The number of carboxylic acid groups (broad SMARTS) is 1. The SMILES string of the molecule is CC(C)(C)[C@@H](N)C(=O)N1CCC[C@@H](C(=O)O)C1. The molecule has 1 fully saturated rings. The summed E-state index contributed by atoms with van der Waals surface area (Å²) in [5.41, 5.74) is 5.61. The van der Waals surface area contributed by atoms with Gasteiger partial charge in [0.1, 0.15) is 0 Å². The minimum atomic E-state index is -0.827. The number of carboxylic acids is 1. The Balaban J connectivity index is 2.67. The molecule has 0 aromatic heterocycles. The van der Waals surface area contributed by atoms with E-state index in [4.69, 9.17) is 10.8 Å². The quantitative estimate of drug-likeness (QED) is 0.746. The molecule has 0 radical (unpaired) electrons. The smallest absolute Gasteiger partial charge is 0.308 e. The zero-order chi connectivity index (χ0) is 13.2. The van der Waals surface area contributed by atoms with E-state index in [1.807, 2.05) is 20.8 Å². The molecule has 5 nitrogen and oxygen atoms in total. The summed E-state index contributed by atoms with van der Waals surface area (Å²) in [5, 5.41) is 8.97. The lowest BCUT2D eigenvalue weighted by Crippen LogP contribution is -2.53. The Bertz CT molecular complexity index is 309. The highest BCUT2D eigenvalue weighted by Crippen LogP contribution is 2.22. The number of amides is 1. The Morgan fingerprint density at radius 3 is 2.47 bits per heavy atom. The molecule has 0 aliphatic carbocycles. The third-order valence-corrected chi connectivity index (χ3v) is 3.28. The third kappa shape index (κ3) is 3.43. The van der Waals surface area contributed by atoms with Gasteiger partial charge in [-0.15, -0.1) is 0 Å². The van der Waals surface area contributed by atoms with Crippen molar-refractivity contribution >= 4 is 11.9 Å². The van der Waals surface area contributed by atoms with Gasteiger partial charge in [-0.1, -0.05) is 20.8 Å².